The van der Waals surface area contributed by atoms with E-state index in [1.54, 1.807) is 18.0 Å². The zero-order valence-corrected chi connectivity index (χ0v) is 18.4. The molecule has 0 atom stereocenters. The summed E-state index contributed by atoms with van der Waals surface area (Å²) in [4.78, 5) is 13.7. The van der Waals surface area contributed by atoms with Gasteiger partial charge in [-0.2, -0.15) is 4.80 Å². The molecule has 160 valence electrons. The van der Waals surface area contributed by atoms with Crippen molar-refractivity contribution in [2.75, 3.05) is 12.4 Å². The number of nitrogens with one attached hydrogen (secondary N) is 2. The minimum atomic E-state index is -0.310. The summed E-state index contributed by atoms with van der Waals surface area (Å²) in [6, 6.07) is 20.8. The van der Waals surface area contributed by atoms with Crippen LogP contribution >= 0.6 is 12.2 Å². The van der Waals surface area contributed by atoms with Gasteiger partial charge in [0.15, 0.2) is 5.11 Å². The van der Waals surface area contributed by atoms with E-state index in [1.165, 1.54) is 6.08 Å². The monoisotopic (exact) mass is 443 g/mol. The number of rotatable bonds is 5. The number of anilines is 1. The van der Waals surface area contributed by atoms with Crippen LogP contribution in [0, 0.1) is 6.92 Å². The van der Waals surface area contributed by atoms with Crippen LogP contribution < -0.4 is 15.4 Å². The number of thiocarbonyl (C=S) groups is 1. The Morgan fingerprint density at radius 1 is 1.03 bits per heavy atom. The van der Waals surface area contributed by atoms with Gasteiger partial charge in [0.25, 0.3) is 0 Å². The van der Waals surface area contributed by atoms with E-state index in [0.717, 1.165) is 33.8 Å². The van der Waals surface area contributed by atoms with E-state index in [0.29, 0.717) is 5.52 Å². The van der Waals surface area contributed by atoms with Gasteiger partial charge in [0.1, 0.15) is 16.8 Å². The maximum absolute atomic E-state index is 12.2. The largest absolute Gasteiger partial charge is 0.497 e. The zero-order valence-electron chi connectivity index (χ0n) is 17.6. The van der Waals surface area contributed by atoms with Crippen LogP contribution in [0.15, 0.2) is 72.8 Å². The van der Waals surface area contributed by atoms with Crippen molar-refractivity contribution < 1.29 is 9.53 Å². The van der Waals surface area contributed by atoms with Gasteiger partial charge >= 0.3 is 0 Å². The van der Waals surface area contributed by atoms with E-state index in [4.69, 9.17) is 17.0 Å². The van der Waals surface area contributed by atoms with E-state index >= 15 is 0 Å². The van der Waals surface area contributed by atoms with Crippen LogP contribution in [-0.4, -0.2) is 33.1 Å². The molecule has 7 nitrogen and oxygen atoms in total. The van der Waals surface area contributed by atoms with E-state index < -0.39 is 0 Å². The van der Waals surface area contributed by atoms with Crippen molar-refractivity contribution in [2.24, 2.45) is 0 Å². The van der Waals surface area contributed by atoms with Gasteiger partial charge in [-0.3, -0.25) is 10.1 Å². The molecule has 1 aromatic heterocycles. The topological polar surface area (TPSA) is 81.1 Å². The Hall–Kier alpha value is -4.04. The third kappa shape index (κ3) is 4.98. The number of hydrogen-bond donors (Lipinski definition) is 2. The average Bonchev–Trinajstić information content (AvgIpc) is 3.21. The Morgan fingerprint density at radius 3 is 2.41 bits per heavy atom. The lowest BCUT2D eigenvalue weighted by molar-refractivity contribution is -0.115. The SMILES string of the molecule is COc1ccc(-n2nc3cc(C)c(NC(=S)NC(=O)C=Cc4ccccc4)cc3n2)cc1. The number of aromatic nitrogens is 3. The molecule has 0 saturated heterocycles. The second-order valence-electron chi connectivity index (χ2n) is 7.03. The molecule has 0 aliphatic carbocycles. The lowest BCUT2D eigenvalue weighted by atomic mass is 10.2. The number of amides is 1. The van der Waals surface area contributed by atoms with Gasteiger partial charge in [-0.15, -0.1) is 10.2 Å². The van der Waals surface area contributed by atoms with Gasteiger partial charge in [-0.1, -0.05) is 30.3 Å². The van der Waals surface area contributed by atoms with E-state index in [9.17, 15) is 4.79 Å². The van der Waals surface area contributed by atoms with E-state index in [2.05, 4.69) is 20.8 Å². The number of methoxy groups -OCH3 is 1. The summed E-state index contributed by atoms with van der Waals surface area (Å²) in [6.45, 7) is 1.94. The molecule has 1 heterocycles. The Kier molecular flexibility index (Phi) is 6.23. The normalized spacial score (nSPS) is 10.9. The number of nitrogens with zero attached hydrogens (tertiary/aromatic N) is 3. The third-order valence-corrected chi connectivity index (χ3v) is 4.95. The number of benzene rings is 3. The maximum atomic E-state index is 12.2. The maximum Gasteiger partial charge on any atom is 0.250 e. The Morgan fingerprint density at radius 2 is 1.72 bits per heavy atom. The number of fused-ring (bicyclic) bond motifs is 1. The molecule has 2 N–H and O–H groups in total. The molecule has 0 bridgehead atoms. The molecule has 0 aliphatic heterocycles. The molecule has 0 fully saturated rings. The van der Waals surface area contributed by atoms with Crippen molar-refractivity contribution in [2.45, 2.75) is 6.92 Å². The van der Waals surface area contributed by atoms with E-state index in [-0.39, 0.29) is 11.0 Å². The fourth-order valence-electron chi connectivity index (χ4n) is 3.08. The highest BCUT2D eigenvalue weighted by atomic mass is 32.1. The van der Waals surface area contributed by atoms with Gasteiger partial charge in [0, 0.05) is 11.8 Å². The standard InChI is InChI=1S/C24H21N5O2S/c1-16-14-21-22(28-29(27-21)18-9-11-19(31-2)12-10-18)15-20(16)25-24(32)26-23(30)13-8-17-6-4-3-5-7-17/h3-15H,1-2H3,(H2,25,26,30,32). The molecule has 0 radical (unpaired) electrons. The predicted octanol–water partition coefficient (Wildman–Crippen LogP) is 4.26. The fourth-order valence-corrected chi connectivity index (χ4v) is 3.29. The number of ether oxygens (including phenoxy) is 1. The van der Waals surface area contributed by atoms with Crippen molar-refractivity contribution in [1.29, 1.82) is 0 Å². The van der Waals surface area contributed by atoms with Gasteiger partial charge in [0.05, 0.1) is 12.8 Å². The molecule has 3 aromatic carbocycles. The molecular formula is C24H21N5O2S. The van der Waals surface area contributed by atoms with Crippen LogP contribution in [0.1, 0.15) is 11.1 Å². The highest BCUT2D eigenvalue weighted by Gasteiger charge is 2.10. The molecule has 8 heteroatoms. The van der Waals surface area contributed by atoms with Crippen LogP contribution in [0.4, 0.5) is 5.69 Å². The van der Waals surface area contributed by atoms with Crippen molar-refractivity contribution >= 4 is 46.0 Å². The quantitative estimate of drug-likeness (QED) is 0.354. The molecule has 32 heavy (non-hydrogen) atoms. The molecule has 4 aromatic rings. The average molecular weight is 444 g/mol. The smallest absolute Gasteiger partial charge is 0.250 e. The summed E-state index contributed by atoms with van der Waals surface area (Å²) in [7, 11) is 1.62. The third-order valence-electron chi connectivity index (χ3n) is 4.74. The van der Waals surface area contributed by atoms with Crippen molar-refractivity contribution in [1.82, 2.24) is 20.3 Å². The summed E-state index contributed by atoms with van der Waals surface area (Å²) in [5, 5.41) is 15.0. The van der Waals surface area contributed by atoms with Crippen LogP contribution in [0.25, 0.3) is 22.8 Å². The first-order valence-corrected chi connectivity index (χ1v) is 10.3. The van der Waals surface area contributed by atoms with E-state index in [1.807, 2.05) is 73.7 Å². The van der Waals surface area contributed by atoms with Gasteiger partial charge in [-0.05, 0) is 72.7 Å². The molecule has 4 rings (SSSR count). The summed E-state index contributed by atoms with van der Waals surface area (Å²) in [5.41, 5.74) is 4.88. The van der Waals surface area contributed by atoms with Gasteiger partial charge in [-0.25, -0.2) is 0 Å². The molecule has 0 spiro atoms. The first-order valence-electron chi connectivity index (χ1n) is 9.89. The summed E-state index contributed by atoms with van der Waals surface area (Å²) >= 11 is 5.30. The van der Waals surface area contributed by atoms with Crippen LogP contribution in [-0.2, 0) is 4.79 Å². The van der Waals surface area contributed by atoms with Crippen molar-refractivity contribution in [3.05, 3.63) is 83.9 Å². The zero-order chi connectivity index (χ0) is 22.5. The predicted molar refractivity (Wildman–Crippen MR) is 130 cm³/mol. The molecule has 0 saturated carbocycles. The minimum Gasteiger partial charge on any atom is -0.497 e. The highest BCUT2D eigenvalue weighted by molar-refractivity contribution is 7.80. The molecule has 1 amide bonds. The summed E-state index contributed by atoms with van der Waals surface area (Å²) in [6.07, 6.45) is 3.17. The Bertz CT molecular complexity index is 1300. The lowest BCUT2D eigenvalue weighted by Crippen LogP contribution is -2.33. The van der Waals surface area contributed by atoms with Crippen LogP contribution in [0.2, 0.25) is 0 Å². The number of aryl methyl sites for hydroxylation is 1. The second-order valence-corrected chi connectivity index (χ2v) is 7.44. The second kappa shape index (κ2) is 9.40. The number of carbonyl (C=O) groups is 1. The lowest BCUT2D eigenvalue weighted by Gasteiger charge is -2.10. The number of carbonyl (C=O) groups excluding carboxylic acids is 1. The fraction of sp³-hybridized carbons (Fsp3) is 0.0833. The van der Waals surface area contributed by atoms with Crippen LogP contribution in [0.5, 0.6) is 5.75 Å². The van der Waals surface area contributed by atoms with Gasteiger partial charge < -0.3 is 10.1 Å². The first-order chi connectivity index (χ1) is 15.5. The number of hydrogen-bond acceptors (Lipinski definition) is 5. The first kappa shape index (κ1) is 21.2. The Balaban J connectivity index is 1.46. The molecular weight excluding hydrogens is 422 g/mol. The Labute approximate surface area is 190 Å². The highest BCUT2D eigenvalue weighted by Crippen LogP contribution is 2.22. The molecule has 0 unspecified atom stereocenters. The molecule has 0 aliphatic rings. The minimum absolute atomic E-state index is 0.206. The summed E-state index contributed by atoms with van der Waals surface area (Å²) in [5.74, 6) is 0.456. The summed E-state index contributed by atoms with van der Waals surface area (Å²) < 4.78 is 5.19. The van der Waals surface area contributed by atoms with Crippen molar-refractivity contribution in [3.8, 4) is 11.4 Å². The van der Waals surface area contributed by atoms with Crippen LogP contribution in [0.3, 0.4) is 0 Å². The van der Waals surface area contributed by atoms with Crippen molar-refractivity contribution in [3.63, 3.8) is 0 Å². The van der Waals surface area contributed by atoms with Gasteiger partial charge in [0.2, 0.25) is 5.91 Å².